The fraction of sp³-hybridized carbons (Fsp3) is 0.278. The van der Waals surface area contributed by atoms with E-state index in [1.807, 2.05) is 35.9 Å². The average Bonchev–Trinajstić information content (AvgIpc) is 2.73. The molecule has 0 saturated heterocycles. The minimum Gasteiger partial charge on any atom is -2.00 e. The van der Waals surface area contributed by atoms with Gasteiger partial charge < -0.3 is 26.0 Å². The molecular weight excluding hydrogens is 389 g/mol. The van der Waals surface area contributed by atoms with Crippen molar-refractivity contribution < 1.29 is 43.8 Å². The molecule has 0 fully saturated rings. The summed E-state index contributed by atoms with van der Waals surface area (Å²) in [4.78, 5) is 24.1. The van der Waals surface area contributed by atoms with E-state index in [0.717, 1.165) is 23.2 Å². The average molecular weight is 412 g/mol. The number of anilines is 1. The van der Waals surface area contributed by atoms with Crippen LogP contribution in [-0.4, -0.2) is 21.1 Å². The Bertz CT molecular complexity index is 761. The van der Waals surface area contributed by atoms with Gasteiger partial charge in [-0.15, -0.1) is 11.5 Å². The van der Waals surface area contributed by atoms with Crippen molar-refractivity contribution in [3.63, 3.8) is 0 Å². The molecule has 0 amide bonds. The maximum absolute atomic E-state index is 9.98. The number of nitrogens with two attached hydrogens (primary N) is 1. The van der Waals surface area contributed by atoms with E-state index in [1.54, 1.807) is 0 Å². The smallest absolute Gasteiger partial charge is 2.00 e. The Balaban J connectivity index is -0.000000324. The molecule has 1 aromatic carbocycles. The monoisotopic (exact) mass is 412 g/mol. The van der Waals surface area contributed by atoms with Crippen LogP contribution in [0.15, 0.2) is 47.9 Å². The van der Waals surface area contributed by atoms with Gasteiger partial charge in [-0.2, -0.15) is 0 Å². The molecule has 0 spiro atoms. The van der Waals surface area contributed by atoms with Gasteiger partial charge in [-0.3, -0.25) is 9.59 Å². The first-order chi connectivity index (χ1) is 11.5. The standard InChI is InChI=1S/C8H9N3.2C5H8O2.O.V/c1-11-7-5-3-2-4-6(7)10-8(11)9;2*1-4(6)3-5(2)7;;/h2-5H,1H3,(H2,9,10);2*3,6H,1-2H3;;/q;;;-2;+4/p-2/b;2*4-3-;;. The molecule has 2 aromatic rings. The zero-order chi connectivity index (χ0) is 19.6. The number of aromatic nitrogens is 2. The topological polar surface area (TPSA) is 153 Å². The molecule has 2 rings (SSSR count). The second-order valence-corrected chi connectivity index (χ2v) is 5.25. The molecule has 145 valence electrons. The molecule has 1 radical (unpaired) electrons. The SMILES string of the molecule is CC(=O)/C=C(/C)[O-].CC(=O)/C=C(/C)[O-].Cn1c(N)nc2ccccc21.[O-2].[V+4]. The van der Waals surface area contributed by atoms with E-state index in [9.17, 15) is 19.8 Å². The molecule has 0 aliphatic heterocycles. The normalized spacial score (nSPS) is 10.3. The Morgan fingerprint density at radius 1 is 1.00 bits per heavy atom. The number of nitrogens with zero attached hydrogens (tertiary/aromatic N) is 2. The molecule has 0 atom stereocenters. The van der Waals surface area contributed by atoms with E-state index in [0.29, 0.717) is 5.95 Å². The molecule has 0 aliphatic rings. The van der Waals surface area contributed by atoms with Crippen LogP contribution in [0.25, 0.3) is 11.0 Å². The minimum atomic E-state index is -0.187. The Kier molecular flexibility index (Phi) is 15.8. The number of hydrogen-bond donors (Lipinski definition) is 1. The first-order valence-corrected chi connectivity index (χ1v) is 7.43. The summed E-state index contributed by atoms with van der Waals surface area (Å²) in [6.45, 7) is 5.39. The van der Waals surface area contributed by atoms with E-state index in [4.69, 9.17) is 5.73 Å². The van der Waals surface area contributed by atoms with Crippen molar-refractivity contribution in [1.29, 1.82) is 0 Å². The summed E-state index contributed by atoms with van der Waals surface area (Å²) >= 11 is 0. The molecule has 1 heterocycles. The second kappa shape index (κ2) is 14.6. The van der Waals surface area contributed by atoms with Gasteiger partial charge in [-0.1, -0.05) is 26.0 Å². The maximum atomic E-state index is 9.98. The maximum Gasteiger partial charge on any atom is 4.00 e. The first-order valence-electron chi connectivity index (χ1n) is 7.43. The zero-order valence-corrected chi connectivity index (χ0v) is 17.3. The molecule has 2 N–H and O–H groups in total. The second-order valence-electron chi connectivity index (χ2n) is 5.25. The number of nitrogen functional groups attached to an aromatic ring is 1. The van der Waals surface area contributed by atoms with Crippen molar-refractivity contribution in [3.8, 4) is 0 Å². The third kappa shape index (κ3) is 13.3. The number of carbonyl (C=O) groups is 2. The van der Waals surface area contributed by atoms with E-state index in [2.05, 4.69) is 4.98 Å². The van der Waals surface area contributed by atoms with Gasteiger partial charge in [-0.25, -0.2) is 4.98 Å². The number of aryl methyl sites for hydroxylation is 1. The number of ketones is 2. The molecule has 8 nitrogen and oxygen atoms in total. The summed E-state index contributed by atoms with van der Waals surface area (Å²) in [6, 6.07) is 7.88. The van der Waals surface area contributed by atoms with Crippen molar-refractivity contribution in [2.75, 3.05) is 5.73 Å². The van der Waals surface area contributed by atoms with Gasteiger partial charge in [-0.05, 0) is 38.1 Å². The van der Waals surface area contributed by atoms with Crippen LogP contribution in [0.2, 0.25) is 0 Å². The molecule has 0 bridgehead atoms. The van der Waals surface area contributed by atoms with Crippen molar-refractivity contribution >= 4 is 28.5 Å². The van der Waals surface area contributed by atoms with E-state index >= 15 is 0 Å². The van der Waals surface area contributed by atoms with E-state index in [-0.39, 0.29) is 47.1 Å². The molecular formula is C18H23N3O5V. The summed E-state index contributed by atoms with van der Waals surface area (Å²) in [5.41, 5.74) is 7.63. The van der Waals surface area contributed by atoms with Gasteiger partial charge in [0, 0.05) is 7.05 Å². The zero-order valence-electron chi connectivity index (χ0n) is 15.9. The van der Waals surface area contributed by atoms with Crippen LogP contribution in [-0.2, 0) is 40.7 Å². The van der Waals surface area contributed by atoms with Gasteiger partial charge in [0.15, 0.2) is 11.6 Å². The van der Waals surface area contributed by atoms with Crippen molar-refractivity contribution in [2.45, 2.75) is 27.7 Å². The number of benzene rings is 1. The van der Waals surface area contributed by atoms with Crippen LogP contribution in [0.4, 0.5) is 5.95 Å². The number of allylic oxidation sites excluding steroid dienone is 4. The third-order valence-corrected chi connectivity index (χ3v) is 2.63. The van der Waals surface area contributed by atoms with Crippen molar-refractivity contribution in [1.82, 2.24) is 9.55 Å². The van der Waals surface area contributed by atoms with Gasteiger partial charge in [0.05, 0.1) is 11.0 Å². The van der Waals surface area contributed by atoms with Crippen molar-refractivity contribution in [3.05, 3.63) is 47.9 Å². The minimum absolute atomic E-state index is 0. The van der Waals surface area contributed by atoms with Gasteiger partial charge >= 0.3 is 18.6 Å². The molecule has 0 saturated carbocycles. The number of rotatable bonds is 2. The predicted molar refractivity (Wildman–Crippen MR) is 94.7 cm³/mol. The summed E-state index contributed by atoms with van der Waals surface area (Å²) in [7, 11) is 1.91. The van der Waals surface area contributed by atoms with Gasteiger partial charge in [0.2, 0.25) is 5.95 Å². The number of fused-ring (bicyclic) bond motifs is 1. The first kappa shape index (κ1) is 29.2. The molecule has 0 unspecified atom stereocenters. The number of para-hydroxylation sites is 2. The van der Waals surface area contributed by atoms with Gasteiger partial charge in [0.25, 0.3) is 0 Å². The summed E-state index contributed by atoms with van der Waals surface area (Å²) < 4.78 is 1.87. The molecule has 1 aromatic heterocycles. The molecule has 27 heavy (non-hydrogen) atoms. The van der Waals surface area contributed by atoms with Crippen LogP contribution in [0.3, 0.4) is 0 Å². The van der Waals surface area contributed by atoms with Crippen LogP contribution in [0, 0.1) is 0 Å². The van der Waals surface area contributed by atoms with Crippen LogP contribution in [0.1, 0.15) is 27.7 Å². The Morgan fingerprint density at radius 2 is 1.41 bits per heavy atom. The third-order valence-electron chi connectivity index (χ3n) is 2.63. The Labute approximate surface area is 170 Å². The fourth-order valence-corrected chi connectivity index (χ4v) is 1.74. The quantitative estimate of drug-likeness (QED) is 0.566. The number of carbonyl (C=O) groups excluding carboxylic acids is 2. The van der Waals surface area contributed by atoms with E-state index < -0.39 is 0 Å². The summed E-state index contributed by atoms with van der Waals surface area (Å²) in [6.07, 6.45) is 2.11. The van der Waals surface area contributed by atoms with Crippen LogP contribution in [0.5, 0.6) is 0 Å². The number of imidazole rings is 1. The van der Waals surface area contributed by atoms with Crippen LogP contribution < -0.4 is 15.9 Å². The number of hydrogen-bond acceptors (Lipinski definition) is 6. The molecule has 0 aliphatic carbocycles. The summed E-state index contributed by atoms with van der Waals surface area (Å²) in [5, 5.41) is 20.0. The predicted octanol–water partition coefficient (Wildman–Crippen LogP) is 0.713. The Hall–Kier alpha value is -2.55. The van der Waals surface area contributed by atoms with Crippen molar-refractivity contribution in [2.24, 2.45) is 7.05 Å². The fourth-order valence-electron chi connectivity index (χ4n) is 1.74. The van der Waals surface area contributed by atoms with Crippen LogP contribution >= 0.6 is 0 Å². The Morgan fingerprint density at radius 3 is 1.70 bits per heavy atom. The summed E-state index contributed by atoms with van der Waals surface area (Å²) in [5.74, 6) is -0.189. The van der Waals surface area contributed by atoms with Gasteiger partial charge in [0.1, 0.15) is 0 Å². The molecule has 9 heteroatoms. The largest absolute Gasteiger partial charge is 4.00 e. The van der Waals surface area contributed by atoms with E-state index in [1.165, 1.54) is 27.7 Å².